The zero-order chi connectivity index (χ0) is 14.1. The smallest absolute Gasteiger partial charge is 0.137 e. The summed E-state index contributed by atoms with van der Waals surface area (Å²) in [4.78, 5) is 4.41. The lowest BCUT2D eigenvalue weighted by atomic mass is 10.0. The van der Waals surface area contributed by atoms with E-state index in [1.807, 2.05) is 41.1 Å². The van der Waals surface area contributed by atoms with Crippen molar-refractivity contribution in [2.75, 3.05) is 0 Å². The number of aromatic nitrogens is 2. The van der Waals surface area contributed by atoms with Gasteiger partial charge in [0.15, 0.2) is 0 Å². The van der Waals surface area contributed by atoms with Gasteiger partial charge >= 0.3 is 0 Å². The van der Waals surface area contributed by atoms with Crippen LogP contribution in [0.3, 0.4) is 0 Å². The van der Waals surface area contributed by atoms with Gasteiger partial charge in [0, 0.05) is 16.2 Å². The first-order valence-electron chi connectivity index (χ1n) is 6.39. The summed E-state index contributed by atoms with van der Waals surface area (Å²) >= 11 is 3.48. The number of hydrogen-bond acceptors (Lipinski definition) is 2. The van der Waals surface area contributed by atoms with Crippen molar-refractivity contribution in [1.29, 1.82) is 5.26 Å². The van der Waals surface area contributed by atoms with Gasteiger partial charge in [0.1, 0.15) is 5.65 Å². The lowest BCUT2D eigenvalue weighted by molar-refractivity contribution is 1.12. The summed E-state index contributed by atoms with van der Waals surface area (Å²) in [6.07, 6.45) is 4.71. The molecule has 0 bridgehead atoms. The summed E-state index contributed by atoms with van der Waals surface area (Å²) < 4.78 is 3.05. The van der Waals surface area contributed by atoms with Crippen molar-refractivity contribution in [3.8, 4) is 17.3 Å². The Labute approximate surface area is 125 Å². The summed E-state index contributed by atoms with van der Waals surface area (Å²) in [5, 5.41) is 9.11. The molecule has 0 saturated carbocycles. The molecule has 20 heavy (non-hydrogen) atoms. The minimum absolute atomic E-state index is 0.742. The van der Waals surface area contributed by atoms with Gasteiger partial charge in [-0.1, -0.05) is 13.0 Å². The van der Waals surface area contributed by atoms with Crippen LogP contribution < -0.4 is 0 Å². The van der Waals surface area contributed by atoms with E-state index in [0.717, 1.165) is 38.9 Å². The van der Waals surface area contributed by atoms with E-state index < -0.39 is 0 Å². The topological polar surface area (TPSA) is 41.1 Å². The van der Waals surface area contributed by atoms with Crippen LogP contribution in [0.15, 0.2) is 47.2 Å². The van der Waals surface area contributed by atoms with Crippen LogP contribution in [0.2, 0.25) is 0 Å². The first kappa shape index (κ1) is 12.9. The van der Waals surface area contributed by atoms with Crippen molar-refractivity contribution in [1.82, 2.24) is 9.38 Å². The van der Waals surface area contributed by atoms with Crippen molar-refractivity contribution in [2.45, 2.75) is 13.3 Å². The number of rotatable bonds is 2. The van der Waals surface area contributed by atoms with Crippen LogP contribution in [0, 0.1) is 11.3 Å². The average molecular weight is 326 g/mol. The van der Waals surface area contributed by atoms with E-state index in [-0.39, 0.29) is 0 Å². The van der Waals surface area contributed by atoms with Crippen LogP contribution in [0.4, 0.5) is 0 Å². The number of hydrogen-bond donors (Lipinski definition) is 0. The van der Waals surface area contributed by atoms with Gasteiger partial charge in [-0.2, -0.15) is 5.26 Å². The lowest BCUT2D eigenvalue weighted by Crippen LogP contribution is -1.92. The largest absolute Gasteiger partial charge is 0.299 e. The Morgan fingerprint density at radius 1 is 1.30 bits per heavy atom. The second kappa shape index (κ2) is 5.10. The number of nitriles is 1. The number of benzene rings is 1. The van der Waals surface area contributed by atoms with Gasteiger partial charge < -0.3 is 0 Å². The normalized spacial score (nSPS) is 10.7. The molecule has 98 valence electrons. The van der Waals surface area contributed by atoms with Crippen LogP contribution in [-0.2, 0) is 6.42 Å². The maximum atomic E-state index is 9.11. The van der Waals surface area contributed by atoms with Crippen LogP contribution in [0.5, 0.6) is 0 Å². The van der Waals surface area contributed by atoms with Crippen LogP contribution >= 0.6 is 15.9 Å². The molecule has 0 aliphatic carbocycles. The van der Waals surface area contributed by atoms with Crippen molar-refractivity contribution >= 4 is 21.6 Å². The Bertz CT molecular complexity index is 827. The molecule has 3 rings (SSSR count). The first-order chi connectivity index (χ1) is 9.72. The van der Waals surface area contributed by atoms with E-state index in [1.54, 1.807) is 0 Å². The standard InChI is InChI=1S/C16H12BrN3/c1-2-11-7-12(3-4-13(11)8-18)15-9-19-16-6-5-14(17)10-20(15)16/h3-7,9-10H,2H2,1H3. The Hall–Kier alpha value is -2.12. The molecular weight excluding hydrogens is 314 g/mol. The van der Waals surface area contributed by atoms with Gasteiger partial charge in [0.2, 0.25) is 0 Å². The monoisotopic (exact) mass is 325 g/mol. The zero-order valence-corrected chi connectivity index (χ0v) is 12.6. The molecule has 0 spiro atoms. The highest BCUT2D eigenvalue weighted by atomic mass is 79.9. The molecule has 0 atom stereocenters. The summed E-state index contributed by atoms with van der Waals surface area (Å²) in [5.74, 6) is 0. The summed E-state index contributed by atoms with van der Waals surface area (Å²) in [7, 11) is 0. The Balaban J connectivity index is 2.21. The minimum atomic E-state index is 0.742. The Morgan fingerprint density at radius 3 is 2.90 bits per heavy atom. The fourth-order valence-corrected chi connectivity index (χ4v) is 2.66. The molecule has 4 heteroatoms. The third-order valence-corrected chi connectivity index (χ3v) is 3.84. The fourth-order valence-electron chi connectivity index (χ4n) is 2.32. The Kier molecular flexibility index (Phi) is 3.29. The van der Waals surface area contributed by atoms with Gasteiger partial charge in [-0.05, 0) is 52.2 Å². The molecule has 3 nitrogen and oxygen atoms in total. The number of aryl methyl sites for hydroxylation is 1. The minimum Gasteiger partial charge on any atom is -0.299 e. The third-order valence-electron chi connectivity index (χ3n) is 3.37. The number of nitrogens with zero attached hydrogens (tertiary/aromatic N) is 3. The summed E-state index contributed by atoms with van der Waals surface area (Å²) in [6.45, 7) is 2.06. The number of fused-ring (bicyclic) bond motifs is 1. The molecule has 0 radical (unpaired) electrons. The van der Waals surface area contributed by atoms with Crippen molar-refractivity contribution in [3.05, 3.63) is 58.3 Å². The molecule has 0 unspecified atom stereocenters. The average Bonchev–Trinajstić information content (AvgIpc) is 2.89. The maximum Gasteiger partial charge on any atom is 0.137 e. The van der Waals surface area contributed by atoms with E-state index >= 15 is 0 Å². The third kappa shape index (κ3) is 2.10. The lowest BCUT2D eigenvalue weighted by Gasteiger charge is -2.06. The molecule has 0 aliphatic heterocycles. The highest BCUT2D eigenvalue weighted by Crippen LogP contribution is 2.25. The van der Waals surface area contributed by atoms with Crippen LogP contribution in [-0.4, -0.2) is 9.38 Å². The summed E-state index contributed by atoms with van der Waals surface area (Å²) in [6, 6.07) is 12.1. The molecule has 3 aromatic rings. The summed E-state index contributed by atoms with van der Waals surface area (Å²) in [5.41, 5.74) is 4.82. The van der Waals surface area contributed by atoms with E-state index in [1.165, 1.54) is 0 Å². The Morgan fingerprint density at radius 2 is 2.15 bits per heavy atom. The van der Waals surface area contributed by atoms with Gasteiger partial charge in [-0.15, -0.1) is 0 Å². The van der Waals surface area contributed by atoms with Gasteiger partial charge in [-0.25, -0.2) is 4.98 Å². The molecule has 1 aromatic carbocycles. The molecular formula is C16H12BrN3. The van der Waals surface area contributed by atoms with Crippen molar-refractivity contribution < 1.29 is 0 Å². The highest BCUT2D eigenvalue weighted by Gasteiger charge is 2.08. The van der Waals surface area contributed by atoms with Crippen molar-refractivity contribution in [3.63, 3.8) is 0 Å². The quantitative estimate of drug-likeness (QED) is 0.708. The number of imidazole rings is 1. The van der Waals surface area contributed by atoms with E-state index in [4.69, 9.17) is 5.26 Å². The SMILES string of the molecule is CCc1cc(-c2cnc3ccc(Br)cn23)ccc1C#N. The van der Waals surface area contributed by atoms with Gasteiger partial charge in [-0.3, -0.25) is 4.40 Å². The number of halogens is 1. The predicted molar refractivity (Wildman–Crippen MR) is 82.4 cm³/mol. The predicted octanol–water partition coefficient (Wildman–Crippen LogP) is 4.20. The van der Waals surface area contributed by atoms with E-state index in [9.17, 15) is 0 Å². The van der Waals surface area contributed by atoms with Crippen LogP contribution in [0.25, 0.3) is 16.9 Å². The van der Waals surface area contributed by atoms with E-state index in [2.05, 4.69) is 40.0 Å². The van der Waals surface area contributed by atoms with Crippen molar-refractivity contribution in [2.24, 2.45) is 0 Å². The molecule has 0 amide bonds. The van der Waals surface area contributed by atoms with Gasteiger partial charge in [0.05, 0.1) is 23.5 Å². The fraction of sp³-hybridized carbons (Fsp3) is 0.125. The van der Waals surface area contributed by atoms with Gasteiger partial charge in [0.25, 0.3) is 0 Å². The zero-order valence-electron chi connectivity index (χ0n) is 11.0. The second-order valence-electron chi connectivity index (χ2n) is 4.56. The molecule has 0 aliphatic rings. The second-order valence-corrected chi connectivity index (χ2v) is 5.47. The maximum absolute atomic E-state index is 9.11. The molecule has 0 saturated heterocycles. The number of pyridine rings is 1. The highest BCUT2D eigenvalue weighted by molar-refractivity contribution is 9.10. The molecule has 2 heterocycles. The van der Waals surface area contributed by atoms with Crippen LogP contribution in [0.1, 0.15) is 18.1 Å². The molecule has 0 fully saturated rings. The molecule has 0 N–H and O–H groups in total. The van der Waals surface area contributed by atoms with E-state index in [0.29, 0.717) is 0 Å². The first-order valence-corrected chi connectivity index (χ1v) is 7.18. The molecule has 2 aromatic heterocycles.